The average Bonchev–Trinajstić information content (AvgIpc) is 2.91. The van der Waals surface area contributed by atoms with Gasteiger partial charge in [-0.25, -0.2) is 4.98 Å². The van der Waals surface area contributed by atoms with Crippen LogP contribution in [-0.2, 0) is 19.9 Å². The molecule has 1 aromatic heterocycles. The van der Waals surface area contributed by atoms with Crippen LogP contribution in [0.25, 0.3) is 0 Å². The molecule has 0 bridgehead atoms. The molecular formula is C16H19N3O2. The molecule has 4 rings (SSSR count). The Bertz CT molecular complexity index is 666. The molecule has 0 aliphatic carbocycles. The Morgan fingerprint density at radius 2 is 2.10 bits per heavy atom. The number of benzene rings is 1. The van der Waals surface area contributed by atoms with E-state index in [1.54, 1.807) is 0 Å². The van der Waals surface area contributed by atoms with Gasteiger partial charge in [-0.15, -0.1) is 0 Å². The third-order valence-electron chi connectivity index (χ3n) is 4.27. The van der Waals surface area contributed by atoms with E-state index in [1.807, 2.05) is 19.4 Å². The van der Waals surface area contributed by atoms with E-state index < -0.39 is 0 Å². The van der Waals surface area contributed by atoms with Gasteiger partial charge in [0.05, 0.1) is 0 Å². The molecule has 2 aliphatic rings. The quantitative estimate of drug-likeness (QED) is 0.911. The summed E-state index contributed by atoms with van der Waals surface area (Å²) in [5, 5.41) is 3.60. The molecule has 3 heterocycles. The zero-order valence-electron chi connectivity index (χ0n) is 12.1. The van der Waals surface area contributed by atoms with Crippen LogP contribution in [0.15, 0.2) is 24.5 Å². The molecule has 5 heteroatoms. The Balaban J connectivity index is 1.68. The first kappa shape index (κ1) is 12.7. The van der Waals surface area contributed by atoms with Gasteiger partial charge >= 0.3 is 0 Å². The number of ether oxygens (including phenoxy) is 2. The Hall–Kier alpha value is -2.01. The number of hydrogen-bond acceptors (Lipinski definition) is 4. The van der Waals surface area contributed by atoms with Crippen LogP contribution in [0, 0.1) is 0 Å². The fraction of sp³-hybridized carbons (Fsp3) is 0.438. The normalized spacial score (nSPS) is 20.1. The fourth-order valence-electron chi connectivity index (χ4n) is 3.14. The van der Waals surface area contributed by atoms with E-state index in [4.69, 9.17) is 9.47 Å². The molecule has 21 heavy (non-hydrogen) atoms. The predicted octanol–water partition coefficient (Wildman–Crippen LogP) is 1.62. The van der Waals surface area contributed by atoms with Crippen molar-refractivity contribution in [1.29, 1.82) is 0 Å². The predicted molar refractivity (Wildman–Crippen MR) is 78.8 cm³/mol. The van der Waals surface area contributed by atoms with Gasteiger partial charge in [0, 0.05) is 31.9 Å². The number of aryl methyl sites for hydroxylation is 1. The maximum atomic E-state index is 5.72. The van der Waals surface area contributed by atoms with Crippen molar-refractivity contribution in [2.45, 2.75) is 18.9 Å². The van der Waals surface area contributed by atoms with Crippen molar-refractivity contribution in [3.8, 4) is 11.5 Å². The van der Waals surface area contributed by atoms with E-state index in [9.17, 15) is 0 Å². The van der Waals surface area contributed by atoms with Crippen LogP contribution in [0.1, 0.15) is 23.0 Å². The number of fused-ring (bicyclic) bond motifs is 2. The SMILES string of the molecule is Cn1ccnc1CC1NCCc2cc3c(cc21)OCCO3. The third-order valence-corrected chi connectivity index (χ3v) is 4.27. The molecule has 0 amide bonds. The van der Waals surface area contributed by atoms with Crippen molar-refractivity contribution in [1.82, 2.24) is 14.9 Å². The summed E-state index contributed by atoms with van der Waals surface area (Å²) in [7, 11) is 2.04. The Kier molecular flexibility index (Phi) is 3.07. The zero-order chi connectivity index (χ0) is 14.2. The summed E-state index contributed by atoms with van der Waals surface area (Å²) < 4.78 is 13.5. The number of imidazole rings is 1. The summed E-state index contributed by atoms with van der Waals surface area (Å²) in [5.74, 6) is 2.85. The van der Waals surface area contributed by atoms with Crippen molar-refractivity contribution in [3.05, 3.63) is 41.5 Å². The first-order valence-electron chi connectivity index (χ1n) is 7.43. The van der Waals surface area contributed by atoms with E-state index in [-0.39, 0.29) is 6.04 Å². The first-order chi connectivity index (χ1) is 10.3. The topological polar surface area (TPSA) is 48.3 Å². The molecule has 0 fully saturated rings. The van der Waals surface area contributed by atoms with Gasteiger partial charge in [-0.3, -0.25) is 0 Å². The van der Waals surface area contributed by atoms with Crippen LogP contribution in [-0.4, -0.2) is 29.3 Å². The maximum absolute atomic E-state index is 5.72. The van der Waals surface area contributed by atoms with Gasteiger partial charge in [0.15, 0.2) is 11.5 Å². The highest BCUT2D eigenvalue weighted by atomic mass is 16.6. The van der Waals surface area contributed by atoms with Gasteiger partial charge in [-0.05, 0) is 36.2 Å². The summed E-state index contributed by atoms with van der Waals surface area (Å²) in [6.45, 7) is 2.26. The minimum atomic E-state index is 0.283. The van der Waals surface area contributed by atoms with Gasteiger partial charge in [-0.2, -0.15) is 0 Å². The molecule has 1 unspecified atom stereocenters. The van der Waals surface area contributed by atoms with Crippen molar-refractivity contribution >= 4 is 0 Å². The highest BCUT2D eigenvalue weighted by molar-refractivity contribution is 5.50. The molecule has 5 nitrogen and oxygen atoms in total. The van der Waals surface area contributed by atoms with Crippen LogP contribution in [0.5, 0.6) is 11.5 Å². The Morgan fingerprint density at radius 1 is 1.29 bits per heavy atom. The van der Waals surface area contributed by atoms with E-state index in [1.165, 1.54) is 11.1 Å². The molecule has 0 saturated heterocycles. The van der Waals surface area contributed by atoms with E-state index in [0.717, 1.165) is 36.7 Å². The van der Waals surface area contributed by atoms with Gasteiger partial charge in [0.25, 0.3) is 0 Å². The minimum absolute atomic E-state index is 0.283. The first-order valence-corrected chi connectivity index (χ1v) is 7.43. The van der Waals surface area contributed by atoms with Crippen LogP contribution in [0.2, 0.25) is 0 Å². The molecule has 0 spiro atoms. The van der Waals surface area contributed by atoms with Crippen LogP contribution < -0.4 is 14.8 Å². The third kappa shape index (κ3) is 2.27. The molecule has 1 N–H and O–H groups in total. The summed E-state index contributed by atoms with van der Waals surface area (Å²) in [6.07, 6.45) is 5.75. The van der Waals surface area contributed by atoms with E-state index in [2.05, 4.69) is 27.0 Å². The number of rotatable bonds is 2. The largest absolute Gasteiger partial charge is 0.486 e. The zero-order valence-corrected chi connectivity index (χ0v) is 12.1. The molecule has 1 atom stereocenters. The van der Waals surface area contributed by atoms with E-state index >= 15 is 0 Å². The smallest absolute Gasteiger partial charge is 0.161 e. The number of aromatic nitrogens is 2. The highest BCUT2D eigenvalue weighted by Gasteiger charge is 2.25. The van der Waals surface area contributed by atoms with Gasteiger partial charge < -0.3 is 19.4 Å². The highest BCUT2D eigenvalue weighted by Crippen LogP contribution is 2.37. The van der Waals surface area contributed by atoms with Crippen molar-refractivity contribution in [2.24, 2.45) is 7.05 Å². The summed E-state index contributed by atoms with van der Waals surface area (Å²) in [5.41, 5.74) is 2.67. The van der Waals surface area contributed by atoms with Gasteiger partial charge in [-0.1, -0.05) is 0 Å². The lowest BCUT2D eigenvalue weighted by molar-refractivity contribution is 0.171. The molecule has 110 valence electrons. The van der Waals surface area contributed by atoms with E-state index in [0.29, 0.717) is 13.2 Å². The number of nitrogens with one attached hydrogen (secondary N) is 1. The van der Waals surface area contributed by atoms with Crippen LogP contribution >= 0.6 is 0 Å². The van der Waals surface area contributed by atoms with Crippen molar-refractivity contribution < 1.29 is 9.47 Å². The van der Waals surface area contributed by atoms with Crippen LogP contribution in [0.3, 0.4) is 0 Å². The van der Waals surface area contributed by atoms with Crippen LogP contribution in [0.4, 0.5) is 0 Å². The molecule has 0 saturated carbocycles. The molecule has 0 radical (unpaired) electrons. The average molecular weight is 285 g/mol. The molecule has 1 aromatic carbocycles. The van der Waals surface area contributed by atoms with Gasteiger partial charge in [0.2, 0.25) is 0 Å². The molecule has 2 aliphatic heterocycles. The lowest BCUT2D eigenvalue weighted by Gasteiger charge is -2.29. The van der Waals surface area contributed by atoms with Crippen molar-refractivity contribution in [3.63, 3.8) is 0 Å². The second-order valence-electron chi connectivity index (χ2n) is 5.61. The summed E-state index contributed by atoms with van der Waals surface area (Å²) >= 11 is 0. The second-order valence-corrected chi connectivity index (χ2v) is 5.61. The summed E-state index contributed by atoms with van der Waals surface area (Å²) in [4.78, 5) is 4.44. The Morgan fingerprint density at radius 3 is 2.86 bits per heavy atom. The van der Waals surface area contributed by atoms with Crippen molar-refractivity contribution in [2.75, 3.05) is 19.8 Å². The lowest BCUT2D eigenvalue weighted by atomic mass is 9.91. The van der Waals surface area contributed by atoms with Gasteiger partial charge in [0.1, 0.15) is 19.0 Å². The molecule has 2 aromatic rings. The minimum Gasteiger partial charge on any atom is -0.486 e. The Labute approximate surface area is 123 Å². The lowest BCUT2D eigenvalue weighted by Crippen LogP contribution is -2.32. The second kappa shape index (κ2) is 5.07. The molecular weight excluding hydrogens is 266 g/mol. The monoisotopic (exact) mass is 285 g/mol. The summed E-state index contributed by atoms with van der Waals surface area (Å²) in [6, 6.07) is 4.57. The maximum Gasteiger partial charge on any atom is 0.161 e. The standard InChI is InChI=1S/C16H19N3O2/c1-19-5-4-18-16(19)10-13-12-9-15-14(20-6-7-21-15)8-11(12)2-3-17-13/h4-5,8-9,13,17H,2-3,6-7,10H2,1H3. The number of hydrogen-bond donors (Lipinski definition) is 1. The number of nitrogens with zero attached hydrogens (tertiary/aromatic N) is 2. The fourth-order valence-corrected chi connectivity index (χ4v) is 3.14.